The molecule has 76 heavy (non-hydrogen) atoms. The van der Waals surface area contributed by atoms with Crippen molar-refractivity contribution in [1.29, 1.82) is 0 Å². The average Bonchev–Trinajstić information content (AvgIpc) is 4.16. The van der Waals surface area contributed by atoms with E-state index in [-0.39, 0.29) is 26.4 Å². The quantitative estimate of drug-likeness (QED) is 0.114. The number of hydrogen-bond acceptors (Lipinski definition) is 4. The first-order valence-corrected chi connectivity index (χ1v) is 25.3. The molecule has 0 saturated carbocycles. The van der Waals surface area contributed by atoms with Crippen LogP contribution in [0.5, 0.6) is 23.0 Å². The maximum atomic E-state index is 5.90. The van der Waals surface area contributed by atoms with Crippen LogP contribution in [0.2, 0.25) is 0 Å². The minimum Gasteiger partial charge on any atom is -0.481 e. The van der Waals surface area contributed by atoms with Crippen LogP contribution in [0.4, 0.5) is 0 Å². The van der Waals surface area contributed by atoms with Crippen LogP contribution in [0.3, 0.4) is 0 Å². The van der Waals surface area contributed by atoms with E-state index in [9.17, 15) is 0 Å². The second-order valence-electron chi connectivity index (χ2n) is 19.4. The van der Waals surface area contributed by atoms with E-state index in [0.717, 1.165) is 88.3 Å². The van der Waals surface area contributed by atoms with Crippen molar-refractivity contribution in [3.05, 3.63) is 251 Å². The van der Waals surface area contributed by atoms with Gasteiger partial charge in [-0.25, -0.2) is 0 Å². The molecule has 0 amide bonds. The molecule has 0 spiro atoms. The van der Waals surface area contributed by atoms with Crippen LogP contribution in [-0.4, -0.2) is 26.4 Å². The van der Waals surface area contributed by atoms with Crippen molar-refractivity contribution in [3.8, 4) is 94.6 Å². The summed E-state index contributed by atoms with van der Waals surface area (Å²) in [6.45, 7) is 0.794. The standard InChI is InChI=1S/C72H46O4/c1-5-33-73-59-29-21-47-37-55(25-17-51(47)41-59)71(56-26-18-52-42-60(74-34-6-2)30-22-48(52)38-56)67-15-11-9-13-63(67)65-46-70-66(45-69(65)71)64-14-10-12-16-68(64)72(70,57-27-19-53-43-61(75-35-7-3)31-23-49(53)39-57)58-28-20-54-44-62(76-36-8-4)32-24-50(54)40-58/h1-4,9-32,37-46H,33-36H2. The fraction of sp³-hybridized carbons (Fsp3) is 0.0833. The van der Waals surface area contributed by atoms with Crippen molar-refractivity contribution in [1.82, 2.24) is 0 Å². The normalized spacial score (nSPS) is 13.1. The summed E-state index contributed by atoms with van der Waals surface area (Å²) < 4.78 is 23.6. The summed E-state index contributed by atoms with van der Waals surface area (Å²) >= 11 is 0. The first kappa shape index (κ1) is 45.7. The number of benzene rings is 11. The monoisotopic (exact) mass is 974 g/mol. The Labute approximate surface area is 442 Å². The lowest BCUT2D eigenvalue weighted by molar-refractivity contribution is 0.371. The van der Waals surface area contributed by atoms with Crippen molar-refractivity contribution in [3.63, 3.8) is 0 Å². The maximum Gasteiger partial charge on any atom is 0.148 e. The Balaban J connectivity index is 1.10. The van der Waals surface area contributed by atoms with Crippen LogP contribution in [-0.2, 0) is 10.8 Å². The molecular weight excluding hydrogens is 929 g/mol. The highest BCUT2D eigenvalue weighted by Crippen LogP contribution is 2.63. The summed E-state index contributed by atoms with van der Waals surface area (Å²) in [7, 11) is 0. The molecule has 0 aromatic heterocycles. The molecule has 0 heterocycles. The van der Waals surface area contributed by atoms with Gasteiger partial charge in [-0.05, 0) is 195 Å². The Hall–Kier alpha value is -10.1. The molecule has 0 atom stereocenters. The van der Waals surface area contributed by atoms with Gasteiger partial charge in [0.2, 0.25) is 0 Å². The molecule has 2 aliphatic rings. The van der Waals surface area contributed by atoms with Crippen molar-refractivity contribution in [2.24, 2.45) is 0 Å². The van der Waals surface area contributed by atoms with Crippen molar-refractivity contribution < 1.29 is 18.9 Å². The SMILES string of the molecule is C#CCOc1ccc2cc(C3(c4ccc5cc(OCC#C)ccc5c4)c4ccccc4-c4cc5c(cc43)-c3ccccc3C5(c3ccc4cc(OCC#C)ccc4c3)c3ccc4cc(OCC#C)ccc4c3)ccc2c1. The topological polar surface area (TPSA) is 36.9 Å². The van der Waals surface area contributed by atoms with Crippen LogP contribution < -0.4 is 18.9 Å². The zero-order chi connectivity index (χ0) is 51.4. The van der Waals surface area contributed by atoms with Gasteiger partial charge in [0.15, 0.2) is 0 Å². The van der Waals surface area contributed by atoms with E-state index < -0.39 is 10.8 Å². The van der Waals surface area contributed by atoms with E-state index >= 15 is 0 Å². The third kappa shape index (κ3) is 7.16. The van der Waals surface area contributed by atoms with E-state index in [1.54, 1.807) is 0 Å². The Morgan fingerprint density at radius 2 is 0.526 bits per heavy atom. The van der Waals surface area contributed by atoms with Crippen LogP contribution in [0.25, 0.3) is 65.3 Å². The Morgan fingerprint density at radius 1 is 0.263 bits per heavy atom. The van der Waals surface area contributed by atoms with Gasteiger partial charge in [0.25, 0.3) is 0 Å². The molecule has 0 bridgehead atoms. The van der Waals surface area contributed by atoms with E-state index in [1.165, 1.54) is 44.5 Å². The zero-order valence-corrected chi connectivity index (χ0v) is 41.4. The van der Waals surface area contributed by atoms with E-state index in [1.807, 2.05) is 24.3 Å². The molecule has 13 rings (SSSR count). The summed E-state index contributed by atoms with van der Waals surface area (Å²) in [6, 6.07) is 75.2. The number of rotatable bonds is 12. The minimum absolute atomic E-state index is 0.199. The van der Waals surface area contributed by atoms with E-state index in [4.69, 9.17) is 44.6 Å². The fourth-order valence-corrected chi connectivity index (χ4v) is 12.3. The summed E-state index contributed by atoms with van der Waals surface area (Å²) in [6.07, 6.45) is 22.4. The molecule has 11 aromatic carbocycles. The van der Waals surface area contributed by atoms with Crippen molar-refractivity contribution in [2.75, 3.05) is 26.4 Å². The van der Waals surface area contributed by atoms with Gasteiger partial charge >= 0.3 is 0 Å². The molecule has 0 fully saturated rings. The van der Waals surface area contributed by atoms with Gasteiger partial charge in [-0.1, -0.05) is 145 Å². The fourth-order valence-electron chi connectivity index (χ4n) is 12.3. The van der Waals surface area contributed by atoms with Crippen LogP contribution >= 0.6 is 0 Å². The summed E-state index contributed by atoms with van der Waals surface area (Å²) in [5.74, 6) is 13.3. The number of ether oxygens (including phenoxy) is 4. The molecule has 0 aliphatic heterocycles. The molecule has 358 valence electrons. The second kappa shape index (κ2) is 18.4. The Morgan fingerprint density at radius 3 is 0.816 bits per heavy atom. The maximum absolute atomic E-state index is 5.90. The largest absolute Gasteiger partial charge is 0.481 e. The van der Waals surface area contributed by atoms with E-state index in [0.29, 0.717) is 0 Å². The predicted molar refractivity (Wildman–Crippen MR) is 308 cm³/mol. The highest BCUT2D eigenvalue weighted by atomic mass is 16.5. The third-order valence-corrected chi connectivity index (χ3v) is 15.5. The van der Waals surface area contributed by atoms with Crippen LogP contribution in [0, 0.1) is 49.4 Å². The smallest absolute Gasteiger partial charge is 0.148 e. The molecule has 4 nitrogen and oxygen atoms in total. The van der Waals surface area contributed by atoms with Crippen LogP contribution in [0.15, 0.2) is 206 Å². The highest BCUT2D eigenvalue weighted by Gasteiger charge is 2.51. The summed E-state index contributed by atoms with van der Waals surface area (Å²) in [5.41, 5.74) is 12.6. The Bertz CT molecular complexity index is 3890. The molecule has 0 saturated heterocycles. The molecule has 0 N–H and O–H groups in total. The molecule has 0 unspecified atom stereocenters. The molecular formula is C72H46O4. The van der Waals surface area contributed by atoms with E-state index in [2.05, 4.69) is 206 Å². The molecule has 4 heteroatoms. The summed E-state index contributed by atoms with van der Waals surface area (Å²) in [5, 5.41) is 8.61. The lowest BCUT2D eigenvalue weighted by Crippen LogP contribution is -2.30. The first-order valence-electron chi connectivity index (χ1n) is 25.3. The van der Waals surface area contributed by atoms with Gasteiger partial charge in [-0.3, -0.25) is 0 Å². The van der Waals surface area contributed by atoms with Crippen molar-refractivity contribution in [2.45, 2.75) is 10.8 Å². The number of terminal acetylenes is 4. The minimum atomic E-state index is -0.759. The zero-order valence-electron chi connectivity index (χ0n) is 41.4. The second-order valence-corrected chi connectivity index (χ2v) is 19.4. The lowest BCUT2D eigenvalue weighted by atomic mass is 9.65. The molecule has 2 aliphatic carbocycles. The lowest BCUT2D eigenvalue weighted by Gasteiger charge is -2.36. The number of hydrogen-bond donors (Lipinski definition) is 0. The van der Waals surface area contributed by atoms with Gasteiger partial charge in [0.1, 0.15) is 49.4 Å². The van der Waals surface area contributed by atoms with Crippen molar-refractivity contribution >= 4 is 43.1 Å². The van der Waals surface area contributed by atoms with Gasteiger partial charge in [0.05, 0.1) is 10.8 Å². The first-order chi connectivity index (χ1) is 37.4. The van der Waals surface area contributed by atoms with Gasteiger partial charge < -0.3 is 18.9 Å². The van der Waals surface area contributed by atoms with Gasteiger partial charge in [-0.2, -0.15) is 0 Å². The third-order valence-electron chi connectivity index (χ3n) is 15.5. The van der Waals surface area contributed by atoms with Gasteiger partial charge in [-0.15, -0.1) is 25.7 Å². The van der Waals surface area contributed by atoms with Gasteiger partial charge in [0, 0.05) is 0 Å². The Kier molecular flexibility index (Phi) is 11.1. The van der Waals surface area contributed by atoms with Crippen LogP contribution in [0.1, 0.15) is 44.5 Å². The molecule has 0 radical (unpaired) electrons. The number of fused-ring (bicyclic) bond motifs is 10. The summed E-state index contributed by atoms with van der Waals surface area (Å²) in [4.78, 5) is 0. The highest BCUT2D eigenvalue weighted by molar-refractivity contribution is 5.98. The molecule has 11 aromatic rings. The predicted octanol–water partition coefficient (Wildman–Crippen LogP) is 15.1. The average molecular weight is 975 g/mol.